The Hall–Kier alpha value is -1.57. The fourth-order valence-electron chi connectivity index (χ4n) is 1.44. The molecule has 1 heterocycles. The van der Waals surface area contributed by atoms with Crippen LogP contribution in [0.25, 0.3) is 0 Å². The summed E-state index contributed by atoms with van der Waals surface area (Å²) in [7, 11) is 0. The van der Waals surface area contributed by atoms with Crippen molar-refractivity contribution in [1.29, 1.82) is 5.26 Å². The highest BCUT2D eigenvalue weighted by molar-refractivity contribution is 9.10. The zero-order valence-electron chi connectivity index (χ0n) is 9.54. The van der Waals surface area contributed by atoms with Crippen molar-refractivity contribution >= 4 is 39.0 Å². The first-order chi connectivity index (χ1) is 8.60. The highest BCUT2D eigenvalue weighted by atomic mass is 79.9. The van der Waals surface area contributed by atoms with E-state index in [9.17, 15) is 0 Å². The average Bonchev–Trinajstić information content (AvgIpc) is 2.34. The van der Waals surface area contributed by atoms with Gasteiger partial charge < -0.3 is 5.32 Å². The molecule has 0 unspecified atom stereocenters. The number of nitrogens with zero attached hydrogens (tertiary/aromatic N) is 2. The van der Waals surface area contributed by atoms with Crippen LogP contribution in [-0.2, 0) is 0 Å². The molecule has 0 atom stereocenters. The third-order valence-corrected chi connectivity index (χ3v) is 3.55. The van der Waals surface area contributed by atoms with Crippen LogP contribution in [0.15, 0.2) is 34.9 Å². The van der Waals surface area contributed by atoms with Gasteiger partial charge in [-0.05, 0) is 52.7 Å². The molecule has 0 aliphatic heterocycles. The second-order valence-corrected chi connectivity index (χ2v) is 5.01. The van der Waals surface area contributed by atoms with E-state index in [0.717, 1.165) is 21.5 Å². The Bertz CT molecular complexity index is 635. The first kappa shape index (κ1) is 12.9. The number of pyridine rings is 1. The summed E-state index contributed by atoms with van der Waals surface area (Å²) in [5.74, 6) is 0.733. The van der Waals surface area contributed by atoms with Crippen molar-refractivity contribution in [2.45, 2.75) is 6.92 Å². The molecule has 3 nitrogen and oxygen atoms in total. The Kier molecular flexibility index (Phi) is 3.85. The van der Waals surface area contributed by atoms with E-state index in [4.69, 9.17) is 16.9 Å². The number of hydrogen-bond donors (Lipinski definition) is 1. The second-order valence-electron chi connectivity index (χ2n) is 3.75. The maximum absolute atomic E-state index is 8.79. The number of hydrogen-bond acceptors (Lipinski definition) is 3. The van der Waals surface area contributed by atoms with E-state index in [1.165, 1.54) is 0 Å². The summed E-state index contributed by atoms with van der Waals surface area (Å²) in [6, 6.07) is 9.13. The maximum Gasteiger partial charge on any atom is 0.130 e. The van der Waals surface area contributed by atoms with E-state index in [-0.39, 0.29) is 0 Å². The van der Waals surface area contributed by atoms with Gasteiger partial charge in [-0.25, -0.2) is 4.98 Å². The molecule has 2 aromatic rings. The van der Waals surface area contributed by atoms with E-state index in [2.05, 4.69) is 26.2 Å². The van der Waals surface area contributed by atoms with Crippen molar-refractivity contribution in [1.82, 2.24) is 4.98 Å². The van der Waals surface area contributed by atoms with Crippen LogP contribution in [0.2, 0.25) is 5.02 Å². The molecule has 0 saturated heterocycles. The van der Waals surface area contributed by atoms with Crippen LogP contribution < -0.4 is 5.32 Å². The Morgan fingerprint density at radius 2 is 2.17 bits per heavy atom. The van der Waals surface area contributed by atoms with Gasteiger partial charge in [-0.1, -0.05) is 11.6 Å². The lowest BCUT2D eigenvalue weighted by Crippen LogP contribution is -1.94. The smallest absolute Gasteiger partial charge is 0.130 e. The van der Waals surface area contributed by atoms with Crippen LogP contribution in [0.5, 0.6) is 0 Å². The van der Waals surface area contributed by atoms with E-state index in [1.807, 2.05) is 19.1 Å². The van der Waals surface area contributed by atoms with Gasteiger partial charge in [-0.3, -0.25) is 0 Å². The van der Waals surface area contributed by atoms with Crippen molar-refractivity contribution in [2.75, 3.05) is 5.32 Å². The van der Waals surface area contributed by atoms with Crippen molar-refractivity contribution in [3.05, 3.63) is 51.1 Å². The monoisotopic (exact) mass is 321 g/mol. The summed E-state index contributed by atoms with van der Waals surface area (Å²) >= 11 is 9.36. The second kappa shape index (κ2) is 5.38. The Morgan fingerprint density at radius 1 is 1.39 bits per heavy atom. The standard InChI is InChI=1S/C13H9BrClN3/c1-8-4-13(17-7-11(8)14)18-10-3-2-9(6-16)12(15)5-10/h2-5,7H,1H3,(H,17,18). The average molecular weight is 323 g/mol. The van der Waals surface area contributed by atoms with Crippen molar-refractivity contribution in [2.24, 2.45) is 0 Å². The number of anilines is 2. The third kappa shape index (κ3) is 2.81. The van der Waals surface area contributed by atoms with Crippen LogP contribution in [-0.4, -0.2) is 4.98 Å². The number of aryl methyl sites for hydroxylation is 1. The van der Waals surface area contributed by atoms with Crippen molar-refractivity contribution in [3.63, 3.8) is 0 Å². The topological polar surface area (TPSA) is 48.7 Å². The fraction of sp³-hybridized carbons (Fsp3) is 0.0769. The van der Waals surface area contributed by atoms with Gasteiger partial charge in [0.1, 0.15) is 11.9 Å². The molecular weight excluding hydrogens is 314 g/mol. The largest absolute Gasteiger partial charge is 0.340 e. The number of aromatic nitrogens is 1. The summed E-state index contributed by atoms with van der Waals surface area (Å²) in [4.78, 5) is 4.24. The molecule has 0 aliphatic rings. The number of rotatable bonds is 2. The zero-order valence-corrected chi connectivity index (χ0v) is 11.9. The summed E-state index contributed by atoms with van der Waals surface area (Å²) in [6.07, 6.45) is 1.74. The van der Waals surface area contributed by atoms with Gasteiger partial charge in [0, 0.05) is 16.4 Å². The van der Waals surface area contributed by atoms with Crippen molar-refractivity contribution < 1.29 is 0 Å². The van der Waals surface area contributed by atoms with Crippen LogP contribution in [0, 0.1) is 18.3 Å². The Labute approximate surface area is 119 Å². The molecule has 0 spiro atoms. The summed E-state index contributed by atoms with van der Waals surface area (Å²) < 4.78 is 0.964. The first-order valence-corrected chi connectivity index (χ1v) is 6.36. The molecule has 1 N–H and O–H groups in total. The predicted octanol–water partition coefficient (Wildman–Crippen LogP) is 4.42. The minimum atomic E-state index is 0.427. The molecule has 0 aliphatic carbocycles. The van der Waals surface area contributed by atoms with Gasteiger partial charge in [0.25, 0.3) is 0 Å². The lowest BCUT2D eigenvalue weighted by Gasteiger charge is -2.07. The van der Waals surface area contributed by atoms with E-state index < -0.39 is 0 Å². The van der Waals surface area contributed by atoms with Crippen LogP contribution >= 0.6 is 27.5 Å². The van der Waals surface area contributed by atoms with Gasteiger partial charge in [0.05, 0.1) is 10.6 Å². The molecular formula is C13H9BrClN3. The molecule has 90 valence electrons. The van der Waals surface area contributed by atoms with Gasteiger partial charge in [-0.15, -0.1) is 0 Å². The van der Waals surface area contributed by atoms with E-state index >= 15 is 0 Å². The number of benzene rings is 1. The number of nitriles is 1. The van der Waals surface area contributed by atoms with Crippen LogP contribution in [0.3, 0.4) is 0 Å². The molecule has 1 aromatic carbocycles. The summed E-state index contributed by atoms with van der Waals surface area (Å²) in [5.41, 5.74) is 2.35. The summed E-state index contributed by atoms with van der Waals surface area (Å²) in [5, 5.41) is 12.4. The normalized spacial score (nSPS) is 9.89. The molecule has 0 bridgehead atoms. The van der Waals surface area contributed by atoms with Gasteiger partial charge in [-0.2, -0.15) is 5.26 Å². The highest BCUT2D eigenvalue weighted by Gasteiger charge is 2.03. The minimum Gasteiger partial charge on any atom is -0.340 e. The fourth-order valence-corrected chi connectivity index (χ4v) is 1.88. The highest BCUT2D eigenvalue weighted by Crippen LogP contribution is 2.24. The first-order valence-electron chi connectivity index (χ1n) is 5.19. The minimum absolute atomic E-state index is 0.427. The molecule has 18 heavy (non-hydrogen) atoms. The van der Waals surface area contributed by atoms with Gasteiger partial charge in [0.15, 0.2) is 0 Å². The lowest BCUT2D eigenvalue weighted by atomic mass is 10.2. The molecule has 0 radical (unpaired) electrons. The third-order valence-electron chi connectivity index (χ3n) is 2.41. The molecule has 1 aromatic heterocycles. The van der Waals surface area contributed by atoms with Gasteiger partial charge in [0.2, 0.25) is 0 Å². The quantitative estimate of drug-likeness (QED) is 0.890. The van der Waals surface area contributed by atoms with Crippen LogP contribution in [0.4, 0.5) is 11.5 Å². The molecule has 2 rings (SSSR count). The molecule has 5 heteroatoms. The van der Waals surface area contributed by atoms with E-state index in [1.54, 1.807) is 24.4 Å². The predicted molar refractivity (Wildman–Crippen MR) is 76.1 cm³/mol. The van der Waals surface area contributed by atoms with Crippen LogP contribution in [0.1, 0.15) is 11.1 Å². The maximum atomic E-state index is 8.79. The zero-order chi connectivity index (χ0) is 13.1. The number of nitrogens with one attached hydrogen (secondary N) is 1. The van der Waals surface area contributed by atoms with Gasteiger partial charge >= 0.3 is 0 Å². The van der Waals surface area contributed by atoms with E-state index in [0.29, 0.717) is 10.6 Å². The SMILES string of the molecule is Cc1cc(Nc2ccc(C#N)c(Cl)c2)ncc1Br. The Balaban J connectivity index is 2.26. The lowest BCUT2D eigenvalue weighted by molar-refractivity contribution is 1.25. The number of halogens is 2. The molecule has 0 amide bonds. The molecule has 0 saturated carbocycles. The van der Waals surface area contributed by atoms with Crippen molar-refractivity contribution in [3.8, 4) is 6.07 Å². The summed E-state index contributed by atoms with van der Waals surface area (Å²) in [6.45, 7) is 1.99. The molecule has 0 fully saturated rings. The Morgan fingerprint density at radius 3 is 2.78 bits per heavy atom.